The molecular weight excluding hydrogens is 251 g/mol. The van der Waals surface area contributed by atoms with E-state index in [0.29, 0.717) is 5.15 Å². The molecule has 0 aromatic carbocycles. The minimum atomic E-state index is -0.603. The molecule has 0 saturated heterocycles. The Kier molecular flexibility index (Phi) is 2.94. The van der Waals surface area contributed by atoms with Crippen molar-refractivity contribution in [1.29, 1.82) is 5.26 Å². The zero-order valence-corrected chi connectivity index (χ0v) is 9.65. The summed E-state index contributed by atoms with van der Waals surface area (Å²) in [5.74, 6) is 0. The number of pyridine rings is 1. The third kappa shape index (κ3) is 2.20. The summed E-state index contributed by atoms with van der Waals surface area (Å²) in [4.78, 5) is 3.96. The molecule has 1 aromatic rings. The molecule has 68 valence electrons. The number of hydrogen-bond donors (Lipinski definition) is 0. The molecule has 0 aliphatic carbocycles. The second kappa shape index (κ2) is 3.65. The van der Waals surface area contributed by atoms with Crippen molar-refractivity contribution in [3.63, 3.8) is 0 Å². The predicted molar refractivity (Wildman–Crippen MR) is 55.6 cm³/mol. The van der Waals surface area contributed by atoms with Gasteiger partial charge in [0.05, 0.1) is 11.5 Å². The Hall–Kier alpha value is -0.590. The molecule has 0 saturated carbocycles. The Labute approximate surface area is 90.7 Å². The van der Waals surface area contributed by atoms with Gasteiger partial charge in [-0.1, -0.05) is 11.6 Å². The molecule has 0 aliphatic heterocycles. The normalized spacial score (nSPS) is 11.0. The van der Waals surface area contributed by atoms with Crippen LogP contribution in [0.1, 0.15) is 19.4 Å². The van der Waals surface area contributed by atoms with Gasteiger partial charge in [-0.25, -0.2) is 4.98 Å². The fraction of sp³-hybridized carbons (Fsp3) is 0.333. The summed E-state index contributed by atoms with van der Waals surface area (Å²) in [5.41, 5.74) is 0.138. The first-order valence-corrected chi connectivity index (χ1v) is 4.87. The lowest BCUT2D eigenvalue weighted by atomic mass is 9.88. The van der Waals surface area contributed by atoms with Crippen LogP contribution in [-0.4, -0.2) is 4.98 Å². The average Bonchev–Trinajstić information content (AvgIpc) is 2.09. The predicted octanol–water partition coefficient (Wildman–Crippen LogP) is 3.30. The number of nitriles is 1. The van der Waals surface area contributed by atoms with Crippen LogP contribution in [0.4, 0.5) is 0 Å². The van der Waals surface area contributed by atoms with E-state index >= 15 is 0 Å². The molecule has 4 heteroatoms. The minimum absolute atomic E-state index is 0.384. The van der Waals surface area contributed by atoms with E-state index in [4.69, 9.17) is 16.9 Å². The standard InChI is InChI=1S/C9H8BrClN2/c1-9(2,5-12)7-3-6(10)4-13-8(7)11/h3-4H,1-2H3. The largest absolute Gasteiger partial charge is 0.243 e. The van der Waals surface area contributed by atoms with E-state index in [1.165, 1.54) is 0 Å². The van der Waals surface area contributed by atoms with Gasteiger partial charge in [0.1, 0.15) is 5.15 Å². The first-order valence-electron chi connectivity index (χ1n) is 3.70. The van der Waals surface area contributed by atoms with E-state index in [1.54, 1.807) is 6.20 Å². The van der Waals surface area contributed by atoms with Crippen LogP contribution in [0.2, 0.25) is 5.15 Å². The summed E-state index contributed by atoms with van der Waals surface area (Å²) in [6.45, 7) is 3.62. The van der Waals surface area contributed by atoms with Crippen molar-refractivity contribution < 1.29 is 0 Å². The van der Waals surface area contributed by atoms with Crippen molar-refractivity contribution in [2.45, 2.75) is 19.3 Å². The smallest absolute Gasteiger partial charge is 0.133 e. The number of rotatable bonds is 1. The Bertz CT molecular complexity index is 368. The second-order valence-corrected chi connectivity index (χ2v) is 4.50. The van der Waals surface area contributed by atoms with Crippen molar-refractivity contribution in [3.05, 3.63) is 27.5 Å². The van der Waals surface area contributed by atoms with E-state index in [2.05, 4.69) is 27.0 Å². The zero-order valence-electron chi connectivity index (χ0n) is 7.31. The second-order valence-electron chi connectivity index (χ2n) is 3.23. The van der Waals surface area contributed by atoms with E-state index in [-0.39, 0.29) is 0 Å². The average molecular weight is 260 g/mol. The molecule has 0 amide bonds. The van der Waals surface area contributed by atoms with Crippen LogP contribution in [0.5, 0.6) is 0 Å². The monoisotopic (exact) mass is 258 g/mol. The Morgan fingerprint density at radius 3 is 2.77 bits per heavy atom. The van der Waals surface area contributed by atoms with Gasteiger partial charge in [0.15, 0.2) is 0 Å². The first-order chi connectivity index (χ1) is 5.97. The molecule has 0 atom stereocenters. The minimum Gasteiger partial charge on any atom is -0.243 e. The lowest BCUT2D eigenvalue weighted by Gasteiger charge is -2.16. The van der Waals surface area contributed by atoms with Crippen molar-refractivity contribution in [2.24, 2.45) is 0 Å². The van der Waals surface area contributed by atoms with Gasteiger partial charge < -0.3 is 0 Å². The van der Waals surface area contributed by atoms with Crippen LogP contribution < -0.4 is 0 Å². The highest BCUT2D eigenvalue weighted by atomic mass is 79.9. The van der Waals surface area contributed by atoms with Crippen molar-refractivity contribution in [1.82, 2.24) is 4.98 Å². The van der Waals surface area contributed by atoms with Gasteiger partial charge in [0.2, 0.25) is 0 Å². The number of halogens is 2. The van der Waals surface area contributed by atoms with Crippen molar-refractivity contribution in [2.75, 3.05) is 0 Å². The maximum absolute atomic E-state index is 8.91. The summed E-state index contributed by atoms with van der Waals surface area (Å²) in [5, 5.41) is 9.30. The third-order valence-corrected chi connectivity index (χ3v) is 2.49. The van der Waals surface area contributed by atoms with Gasteiger partial charge in [0, 0.05) is 16.2 Å². The highest BCUT2D eigenvalue weighted by molar-refractivity contribution is 9.10. The van der Waals surface area contributed by atoms with Crippen LogP contribution >= 0.6 is 27.5 Å². The maximum atomic E-state index is 8.91. The molecule has 2 nitrogen and oxygen atoms in total. The molecule has 0 aliphatic rings. The molecule has 0 fully saturated rings. The Balaban J connectivity index is 3.30. The lowest BCUT2D eigenvalue weighted by molar-refractivity contribution is 0.682. The van der Waals surface area contributed by atoms with Gasteiger partial charge in [-0.05, 0) is 35.8 Å². The molecule has 0 bridgehead atoms. The highest BCUT2D eigenvalue weighted by Gasteiger charge is 2.23. The van der Waals surface area contributed by atoms with Crippen LogP contribution in [0.3, 0.4) is 0 Å². The van der Waals surface area contributed by atoms with Crippen molar-refractivity contribution >= 4 is 27.5 Å². The quantitative estimate of drug-likeness (QED) is 0.726. The summed E-state index contributed by atoms with van der Waals surface area (Å²) >= 11 is 9.16. The molecule has 1 aromatic heterocycles. The zero-order chi connectivity index (χ0) is 10.1. The number of hydrogen-bond acceptors (Lipinski definition) is 2. The van der Waals surface area contributed by atoms with Gasteiger partial charge >= 0.3 is 0 Å². The topological polar surface area (TPSA) is 36.7 Å². The Morgan fingerprint density at radius 2 is 2.23 bits per heavy atom. The van der Waals surface area contributed by atoms with E-state index in [0.717, 1.165) is 10.0 Å². The number of nitrogens with zero attached hydrogens (tertiary/aromatic N) is 2. The van der Waals surface area contributed by atoms with Gasteiger partial charge in [-0.2, -0.15) is 5.26 Å². The van der Waals surface area contributed by atoms with Gasteiger partial charge in [-0.15, -0.1) is 0 Å². The summed E-state index contributed by atoms with van der Waals surface area (Å²) in [7, 11) is 0. The van der Waals surface area contributed by atoms with Crippen LogP contribution in [0.25, 0.3) is 0 Å². The van der Waals surface area contributed by atoms with Gasteiger partial charge in [-0.3, -0.25) is 0 Å². The number of aromatic nitrogens is 1. The molecule has 0 N–H and O–H groups in total. The van der Waals surface area contributed by atoms with E-state index < -0.39 is 5.41 Å². The van der Waals surface area contributed by atoms with Crippen LogP contribution in [-0.2, 0) is 5.41 Å². The molecule has 1 heterocycles. The fourth-order valence-electron chi connectivity index (χ4n) is 0.921. The first kappa shape index (κ1) is 10.5. The molecule has 0 radical (unpaired) electrons. The molecule has 0 unspecified atom stereocenters. The van der Waals surface area contributed by atoms with E-state index in [1.807, 2.05) is 19.9 Å². The molecule has 0 spiro atoms. The van der Waals surface area contributed by atoms with Crippen molar-refractivity contribution in [3.8, 4) is 6.07 Å². The van der Waals surface area contributed by atoms with E-state index in [9.17, 15) is 0 Å². The maximum Gasteiger partial charge on any atom is 0.133 e. The summed E-state index contributed by atoms with van der Waals surface area (Å²) < 4.78 is 0.829. The molecule has 13 heavy (non-hydrogen) atoms. The SMILES string of the molecule is CC(C)(C#N)c1cc(Br)cnc1Cl. The lowest BCUT2D eigenvalue weighted by Crippen LogP contribution is -2.15. The fourth-order valence-corrected chi connectivity index (χ4v) is 1.59. The van der Waals surface area contributed by atoms with Gasteiger partial charge in [0.25, 0.3) is 0 Å². The van der Waals surface area contributed by atoms with Crippen LogP contribution in [0, 0.1) is 11.3 Å². The summed E-state index contributed by atoms with van der Waals surface area (Å²) in [6, 6.07) is 4.00. The third-order valence-electron chi connectivity index (χ3n) is 1.76. The molecule has 1 rings (SSSR count). The highest BCUT2D eigenvalue weighted by Crippen LogP contribution is 2.29. The Morgan fingerprint density at radius 1 is 1.62 bits per heavy atom. The molecular formula is C9H8BrClN2. The van der Waals surface area contributed by atoms with Crippen LogP contribution in [0.15, 0.2) is 16.7 Å². The summed E-state index contributed by atoms with van der Waals surface area (Å²) in [6.07, 6.45) is 1.61.